The van der Waals surface area contributed by atoms with E-state index in [-0.39, 0.29) is 11.8 Å². The van der Waals surface area contributed by atoms with Gasteiger partial charge in [0.25, 0.3) is 5.91 Å². The number of aromatic nitrogens is 3. The molecule has 0 aliphatic carbocycles. The van der Waals surface area contributed by atoms with Crippen LogP contribution >= 0.6 is 0 Å². The first-order valence-corrected chi connectivity index (χ1v) is 11.2. The van der Waals surface area contributed by atoms with Crippen LogP contribution in [0.15, 0.2) is 54.9 Å². The third-order valence-corrected chi connectivity index (χ3v) is 5.94. The molecule has 7 nitrogen and oxygen atoms in total. The van der Waals surface area contributed by atoms with Crippen LogP contribution < -0.4 is 4.90 Å². The molecule has 2 aromatic carbocycles. The normalized spacial score (nSPS) is 15.4. The van der Waals surface area contributed by atoms with Crippen molar-refractivity contribution in [3.8, 4) is 11.4 Å². The second kappa shape index (κ2) is 10.2. The van der Waals surface area contributed by atoms with E-state index in [0.717, 1.165) is 48.9 Å². The van der Waals surface area contributed by atoms with Crippen LogP contribution in [0.2, 0.25) is 0 Å². The summed E-state index contributed by atoms with van der Waals surface area (Å²) in [7, 11) is 0. The fourth-order valence-corrected chi connectivity index (χ4v) is 4.21. The van der Waals surface area contributed by atoms with Gasteiger partial charge < -0.3 is 9.80 Å². The fourth-order valence-electron chi connectivity index (χ4n) is 4.21. The number of carbonyl (C=O) groups excluding carboxylic acids is 2. The lowest BCUT2D eigenvalue weighted by molar-refractivity contribution is -0.116. The minimum atomic E-state index is -0.00430. The van der Waals surface area contributed by atoms with Gasteiger partial charge in [0.15, 0.2) is 5.82 Å². The summed E-state index contributed by atoms with van der Waals surface area (Å²) in [5, 5.41) is 6.72. The van der Waals surface area contributed by atoms with Crippen molar-refractivity contribution in [1.29, 1.82) is 0 Å². The van der Waals surface area contributed by atoms with Gasteiger partial charge in [-0.2, -0.15) is 5.10 Å². The third-order valence-electron chi connectivity index (χ3n) is 5.94. The van der Waals surface area contributed by atoms with Gasteiger partial charge in [-0.25, -0.2) is 4.98 Å². The second-order valence-corrected chi connectivity index (χ2v) is 8.21. The van der Waals surface area contributed by atoms with Crippen LogP contribution in [-0.4, -0.2) is 45.0 Å². The Morgan fingerprint density at radius 3 is 2.34 bits per heavy atom. The molecule has 2 heterocycles. The van der Waals surface area contributed by atoms with Gasteiger partial charge in [0.05, 0.1) is 0 Å². The predicted molar refractivity (Wildman–Crippen MR) is 124 cm³/mol. The van der Waals surface area contributed by atoms with Crippen molar-refractivity contribution in [2.75, 3.05) is 18.0 Å². The van der Waals surface area contributed by atoms with Gasteiger partial charge in [-0.3, -0.25) is 14.7 Å². The summed E-state index contributed by atoms with van der Waals surface area (Å²) in [6.45, 7) is 3.49. The van der Waals surface area contributed by atoms with Crippen LogP contribution in [0.25, 0.3) is 11.4 Å². The Labute approximate surface area is 188 Å². The number of para-hydroxylation sites is 1. The zero-order valence-corrected chi connectivity index (χ0v) is 18.5. The quantitative estimate of drug-likeness (QED) is 0.651. The number of aromatic amines is 1. The van der Waals surface area contributed by atoms with E-state index in [1.54, 1.807) is 6.92 Å². The molecule has 1 N–H and O–H groups in total. The highest BCUT2D eigenvalue weighted by Gasteiger charge is 2.21. The molecule has 0 spiro atoms. The van der Waals surface area contributed by atoms with Crippen LogP contribution in [0.1, 0.15) is 54.9 Å². The lowest BCUT2D eigenvalue weighted by atomic mass is 10.1. The number of nitrogens with zero attached hydrogens (tertiary/aromatic N) is 4. The Hall–Kier alpha value is -3.48. The summed E-state index contributed by atoms with van der Waals surface area (Å²) in [4.78, 5) is 33.7. The molecule has 2 amide bonds. The highest BCUT2D eigenvalue weighted by Crippen LogP contribution is 2.25. The van der Waals surface area contributed by atoms with Crippen molar-refractivity contribution >= 4 is 17.5 Å². The van der Waals surface area contributed by atoms with Gasteiger partial charge in [0.2, 0.25) is 5.91 Å². The van der Waals surface area contributed by atoms with E-state index in [1.807, 2.05) is 58.3 Å². The Morgan fingerprint density at radius 1 is 0.906 bits per heavy atom. The smallest absolute Gasteiger partial charge is 0.254 e. The van der Waals surface area contributed by atoms with E-state index in [1.165, 1.54) is 6.33 Å². The zero-order valence-electron chi connectivity index (χ0n) is 18.5. The molecular weight excluding hydrogens is 402 g/mol. The standard InChI is InChI=1S/C25H29N5O2/c1-19(31)30-16-8-4-2-3-7-15-29(17-22-9-5-6-10-23(22)30)25(32)21-13-11-20(12-14-21)24-26-18-27-28-24/h5-6,9-14,18H,2-4,7-8,15-17H2,1H3,(H,26,27,28). The summed E-state index contributed by atoms with van der Waals surface area (Å²) < 4.78 is 0. The lowest BCUT2D eigenvalue weighted by Crippen LogP contribution is -2.34. The number of nitrogens with one attached hydrogen (secondary N) is 1. The minimum Gasteiger partial charge on any atom is -0.334 e. The molecular formula is C25H29N5O2. The molecule has 3 aromatic rings. The van der Waals surface area contributed by atoms with Crippen LogP contribution in [-0.2, 0) is 11.3 Å². The van der Waals surface area contributed by atoms with E-state index in [4.69, 9.17) is 0 Å². The van der Waals surface area contributed by atoms with Gasteiger partial charge in [0.1, 0.15) is 6.33 Å². The van der Waals surface area contributed by atoms with Crippen molar-refractivity contribution in [3.05, 3.63) is 66.0 Å². The van der Waals surface area contributed by atoms with Crippen molar-refractivity contribution in [1.82, 2.24) is 20.1 Å². The maximum Gasteiger partial charge on any atom is 0.254 e. The lowest BCUT2D eigenvalue weighted by Gasteiger charge is -2.29. The van der Waals surface area contributed by atoms with Gasteiger partial charge in [-0.1, -0.05) is 49.6 Å². The molecule has 7 heteroatoms. The summed E-state index contributed by atoms with van der Waals surface area (Å²) in [6.07, 6.45) is 6.71. The highest BCUT2D eigenvalue weighted by molar-refractivity contribution is 5.95. The summed E-state index contributed by atoms with van der Waals surface area (Å²) >= 11 is 0. The molecule has 0 saturated heterocycles. The Kier molecular flexibility index (Phi) is 6.94. The summed E-state index contributed by atoms with van der Waals surface area (Å²) in [5.74, 6) is 0.708. The first kappa shape index (κ1) is 21.7. The van der Waals surface area contributed by atoms with E-state index in [2.05, 4.69) is 15.2 Å². The van der Waals surface area contributed by atoms with E-state index in [0.29, 0.717) is 31.0 Å². The topological polar surface area (TPSA) is 82.2 Å². The largest absolute Gasteiger partial charge is 0.334 e. The number of hydrogen-bond acceptors (Lipinski definition) is 4. The van der Waals surface area contributed by atoms with Crippen LogP contribution in [0.3, 0.4) is 0 Å². The number of carbonyl (C=O) groups is 2. The summed E-state index contributed by atoms with van der Waals surface area (Å²) in [5.41, 5.74) is 3.42. The van der Waals surface area contributed by atoms with Crippen molar-refractivity contribution in [3.63, 3.8) is 0 Å². The number of amides is 2. The number of anilines is 1. The third kappa shape index (κ3) is 5.04. The average molecular weight is 432 g/mol. The van der Waals surface area contributed by atoms with Gasteiger partial charge in [-0.05, 0) is 36.6 Å². The monoisotopic (exact) mass is 431 g/mol. The molecule has 0 bridgehead atoms. The maximum absolute atomic E-state index is 13.4. The summed E-state index contributed by atoms with van der Waals surface area (Å²) in [6, 6.07) is 15.4. The Balaban J connectivity index is 1.61. The Morgan fingerprint density at radius 2 is 1.62 bits per heavy atom. The average Bonchev–Trinajstić information content (AvgIpc) is 3.34. The van der Waals surface area contributed by atoms with Crippen LogP contribution in [0.4, 0.5) is 5.69 Å². The predicted octanol–water partition coefficient (Wildman–Crippen LogP) is 4.43. The van der Waals surface area contributed by atoms with Gasteiger partial charge in [0, 0.05) is 43.4 Å². The van der Waals surface area contributed by atoms with Crippen molar-refractivity contribution in [2.24, 2.45) is 0 Å². The van der Waals surface area contributed by atoms with Gasteiger partial charge >= 0.3 is 0 Å². The number of H-pyrrole nitrogens is 1. The number of benzene rings is 2. The molecule has 1 aromatic heterocycles. The fraction of sp³-hybridized carbons (Fsp3) is 0.360. The molecule has 0 fully saturated rings. The van der Waals surface area contributed by atoms with Crippen LogP contribution in [0, 0.1) is 0 Å². The molecule has 32 heavy (non-hydrogen) atoms. The SMILES string of the molecule is CC(=O)N1CCCCCCCN(C(=O)c2ccc(-c3ncn[nH]3)cc2)Cc2ccccc21. The molecule has 0 unspecified atom stereocenters. The first-order valence-electron chi connectivity index (χ1n) is 11.2. The van der Waals surface area contributed by atoms with Crippen molar-refractivity contribution in [2.45, 2.75) is 45.6 Å². The molecule has 0 radical (unpaired) electrons. The molecule has 1 aliphatic heterocycles. The van der Waals surface area contributed by atoms with E-state index >= 15 is 0 Å². The minimum absolute atomic E-state index is 0.00430. The van der Waals surface area contributed by atoms with Gasteiger partial charge in [-0.15, -0.1) is 0 Å². The van der Waals surface area contributed by atoms with Crippen LogP contribution in [0.5, 0.6) is 0 Å². The molecule has 166 valence electrons. The number of fused-ring (bicyclic) bond motifs is 1. The van der Waals surface area contributed by atoms with Crippen molar-refractivity contribution < 1.29 is 9.59 Å². The highest BCUT2D eigenvalue weighted by atomic mass is 16.2. The molecule has 4 rings (SSSR count). The molecule has 0 saturated carbocycles. The number of rotatable bonds is 2. The molecule has 1 aliphatic rings. The zero-order chi connectivity index (χ0) is 22.3. The first-order chi connectivity index (χ1) is 15.6. The van der Waals surface area contributed by atoms with E-state index < -0.39 is 0 Å². The molecule has 0 atom stereocenters. The maximum atomic E-state index is 13.4. The van der Waals surface area contributed by atoms with E-state index in [9.17, 15) is 9.59 Å². The number of hydrogen-bond donors (Lipinski definition) is 1. The Bertz CT molecular complexity index is 1050. The second-order valence-electron chi connectivity index (χ2n) is 8.21.